The topological polar surface area (TPSA) is 49.3 Å². The molecule has 1 amide bonds. The maximum Gasteiger partial charge on any atom is 0.223 e. The molecule has 1 aliphatic heterocycles. The highest BCUT2D eigenvalue weighted by molar-refractivity contribution is 5.79. The lowest BCUT2D eigenvalue weighted by atomic mass is 10.0. The molecule has 2 rings (SSSR count). The van der Waals surface area contributed by atoms with Crippen LogP contribution in [-0.2, 0) is 11.2 Å². The van der Waals surface area contributed by atoms with E-state index in [1.165, 1.54) is 0 Å². The Morgan fingerprint density at radius 1 is 1.36 bits per heavy atom. The Balaban J connectivity index is 2.02. The molecule has 2 N–H and O–H groups in total. The zero-order valence-electron chi connectivity index (χ0n) is 7.81. The van der Waals surface area contributed by atoms with Gasteiger partial charge < -0.3 is 10.4 Å². The summed E-state index contributed by atoms with van der Waals surface area (Å²) in [4.78, 5) is 11.0. The summed E-state index contributed by atoms with van der Waals surface area (Å²) in [6, 6.07) is 9.74. The van der Waals surface area contributed by atoms with E-state index in [9.17, 15) is 9.90 Å². The van der Waals surface area contributed by atoms with Crippen molar-refractivity contribution in [1.29, 1.82) is 0 Å². The van der Waals surface area contributed by atoms with Crippen LogP contribution < -0.4 is 5.32 Å². The van der Waals surface area contributed by atoms with Gasteiger partial charge in [-0.25, -0.2) is 0 Å². The van der Waals surface area contributed by atoms with E-state index in [4.69, 9.17) is 0 Å². The number of carbonyl (C=O) groups excluding carboxylic acids is 1. The van der Waals surface area contributed by atoms with Crippen LogP contribution in [0.4, 0.5) is 0 Å². The van der Waals surface area contributed by atoms with Gasteiger partial charge in [0.1, 0.15) is 0 Å². The zero-order chi connectivity index (χ0) is 9.97. The van der Waals surface area contributed by atoms with Gasteiger partial charge in [0.25, 0.3) is 0 Å². The molecule has 0 aliphatic carbocycles. The van der Waals surface area contributed by atoms with Crippen LogP contribution in [0.3, 0.4) is 0 Å². The third-order valence-electron chi connectivity index (χ3n) is 2.50. The molecule has 0 aromatic heterocycles. The molecule has 3 nitrogen and oxygen atoms in total. The average molecular weight is 191 g/mol. The molecule has 1 heterocycles. The summed E-state index contributed by atoms with van der Waals surface area (Å²) in [5.74, 6) is -0.0570. The summed E-state index contributed by atoms with van der Waals surface area (Å²) >= 11 is 0. The Morgan fingerprint density at radius 2 is 2.07 bits per heavy atom. The maximum atomic E-state index is 11.0. The van der Waals surface area contributed by atoms with Crippen LogP contribution in [0.15, 0.2) is 30.3 Å². The van der Waals surface area contributed by atoms with Crippen molar-refractivity contribution in [2.75, 3.05) is 0 Å². The fraction of sp³-hybridized carbons (Fsp3) is 0.364. The van der Waals surface area contributed by atoms with Gasteiger partial charge >= 0.3 is 0 Å². The average Bonchev–Trinajstić information content (AvgIpc) is 2.47. The number of aliphatic hydroxyl groups excluding tert-OH is 1. The van der Waals surface area contributed by atoms with Gasteiger partial charge in [-0.15, -0.1) is 0 Å². The van der Waals surface area contributed by atoms with E-state index < -0.39 is 6.10 Å². The lowest BCUT2D eigenvalue weighted by Gasteiger charge is -2.13. The minimum Gasteiger partial charge on any atom is -0.390 e. The molecule has 1 aliphatic rings. The van der Waals surface area contributed by atoms with Gasteiger partial charge in [0.05, 0.1) is 18.6 Å². The fourth-order valence-electron chi connectivity index (χ4n) is 1.75. The maximum absolute atomic E-state index is 11.0. The molecule has 1 saturated heterocycles. The summed E-state index contributed by atoms with van der Waals surface area (Å²) in [6.45, 7) is 0. The van der Waals surface area contributed by atoms with Crippen molar-refractivity contribution >= 4 is 5.91 Å². The minimum atomic E-state index is -0.539. The van der Waals surface area contributed by atoms with E-state index in [1.54, 1.807) is 0 Å². The number of carbonyl (C=O) groups is 1. The molecule has 0 spiro atoms. The Morgan fingerprint density at radius 3 is 2.64 bits per heavy atom. The van der Waals surface area contributed by atoms with Gasteiger partial charge in [-0.1, -0.05) is 30.3 Å². The number of hydrogen-bond donors (Lipinski definition) is 2. The Hall–Kier alpha value is -1.35. The first-order valence-electron chi connectivity index (χ1n) is 4.77. The molecular weight excluding hydrogens is 178 g/mol. The second-order valence-electron chi connectivity index (χ2n) is 3.64. The highest BCUT2D eigenvalue weighted by atomic mass is 16.3. The SMILES string of the molecule is O=C1C[C@@H](O)[C@H](Cc2ccccc2)N1. The third kappa shape index (κ3) is 1.93. The monoisotopic (exact) mass is 191 g/mol. The Kier molecular flexibility index (Phi) is 2.50. The molecule has 3 heteroatoms. The highest BCUT2D eigenvalue weighted by Crippen LogP contribution is 2.13. The predicted molar refractivity (Wildman–Crippen MR) is 52.7 cm³/mol. The summed E-state index contributed by atoms with van der Waals surface area (Å²) in [5, 5.41) is 12.3. The summed E-state index contributed by atoms with van der Waals surface area (Å²) in [6.07, 6.45) is 0.397. The van der Waals surface area contributed by atoms with E-state index in [0.717, 1.165) is 5.56 Å². The summed E-state index contributed by atoms with van der Waals surface area (Å²) in [7, 11) is 0. The first-order valence-corrected chi connectivity index (χ1v) is 4.77. The van der Waals surface area contributed by atoms with Crippen LogP contribution >= 0.6 is 0 Å². The van der Waals surface area contributed by atoms with Gasteiger partial charge in [0, 0.05) is 0 Å². The van der Waals surface area contributed by atoms with Crippen molar-refractivity contribution in [2.45, 2.75) is 25.0 Å². The molecule has 1 aromatic rings. The second kappa shape index (κ2) is 3.80. The van der Waals surface area contributed by atoms with Gasteiger partial charge in [-0.2, -0.15) is 0 Å². The minimum absolute atomic E-state index is 0.0570. The van der Waals surface area contributed by atoms with Crippen LogP contribution in [0, 0.1) is 0 Å². The lowest BCUT2D eigenvalue weighted by molar-refractivity contribution is -0.119. The number of rotatable bonds is 2. The smallest absolute Gasteiger partial charge is 0.223 e. The lowest BCUT2D eigenvalue weighted by Crippen LogP contribution is -2.33. The zero-order valence-corrected chi connectivity index (χ0v) is 7.81. The largest absolute Gasteiger partial charge is 0.390 e. The fourth-order valence-corrected chi connectivity index (χ4v) is 1.75. The molecule has 0 unspecified atom stereocenters. The first kappa shape index (κ1) is 9.21. The van der Waals surface area contributed by atoms with Crippen molar-refractivity contribution in [3.63, 3.8) is 0 Å². The van der Waals surface area contributed by atoms with Gasteiger partial charge in [-0.05, 0) is 12.0 Å². The van der Waals surface area contributed by atoms with Crippen molar-refractivity contribution in [3.8, 4) is 0 Å². The van der Waals surface area contributed by atoms with E-state index in [1.807, 2.05) is 30.3 Å². The first-order chi connectivity index (χ1) is 6.75. The van der Waals surface area contributed by atoms with Gasteiger partial charge in [-0.3, -0.25) is 4.79 Å². The van der Waals surface area contributed by atoms with Gasteiger partial charge in [0.15, 0.2) is 0 Å². The van der Waals surface area contributed by atoms with E-state index >= 15 is 0 Å². The summed E-state index contributed by atoms with van der Waals surface area (Å²) < 4.78 is 0. The molecule has 0 bridgehead atoms. The predicted octanol–water partition coefficient (Wildman–Crippen LogP) is 0.478. The quantitative estimate of drug-likeness (QED) is 0.714. The second-order valence-corrected chi connectivity index (χ2v) is 3.64. The molecule has 1 aromatic carbocycles. The van der Waals surface area contributed by atoms with Crippen molar-refractivity contribution < 1.29 is 9.90 Å². The van der Waals surface area contributed by atoms with Crippen molar-refractivity contribution in [3.05, 3.63) is 35.9 Å². The third-order valence-corrected chi connectivity index (χ3v) is 2.50. The number of aliphatic hydroxyl groups is 1. The normalized spacial score (nSPS) is 26.2. The summed E-state index contributed by atoms with van der Waals surface area (Å²) in [5.41, 5.74) is 1.14. The number of nitrogens with one attached hydrogen (secondary N) is 1. The Labute approximate surface area is 82.8 Å². The Bertz CT molecular complexity index is 323. The number of hydrogen-bond acceptors (Lipinski definition) is 2. The van der Waals surface area contributed by atoms with E-state index in [-0.39, 0.29) is 18.4 Å². The number of benzene rings is 1. The number of amides is 1. The van der Waals surface area contributed by atoms with Crippen LogP contribution in [-0.4, -0.2) is 23.2 Å². The van der Waals surface area contributed by atoms with Crippen LogP contribution in [0.1, 0.15) is 12.0 Å². The molecule has 74 valence electrons. The molecular formula is C11H13NO2. The van der Waals surface area contributed by atoms with Gasteiger partial charge in [0.2, 0.25) is 5.91 Å². The highest BCUT2D eigenvalue weighted by Gasteiger charge is 2.30. The molecule has 0 saturated carbocycles. The standard InChI is InChI=1S/C11H13NO2/c13-10-7-11(14)12-9(10)6-8-4-2-1-3-5-8/h1-5,9-10,13H,6-7H2,(H,12,14)/t9-,10+/m0/s1. The van der Waals surface area contributed by atoms with E-state index in [0.29, 0.717) is 6.42 Å². The van der Waals surface area contributed by atoms with Crippen molar-refractivity contribution in [2.24, 2.45) is 0 Å². The van der Waals surface area contributed by atoms with Crippen molar-refractivity contribution in [1.82, 2.24) is 5.32 Å². The van der Waals surface area contributed by atoms with E-state index in [2.05, 4.69) is 5.32 Å². The molecule has 14 heavy (non-hydrogen) atoms. The van der Waals surface area contributed by atoms with Crippen LogP contribution in [0.5, 0.6) is 0 Å². The van der Waals surface area contributed by atoms with Crippen LogP contribution in [0.2, 0.25) is 0 Å². The molecule has 0 radical (unpaired) electrons. The van der Waals surface area contributed by atoms with Crippen LogP contribution in [0.25, 0.3) is 0 Å². The molecule has 2 atom stereocenters. The molecule has 1 fully saturated rings.